The molecular formula is C27H29N3O. The number of hydrogen-bond acceptors (Lipinski definition) is 4. The van der Waals surface area contributed by atoms with Crippen LogP contribution < -0.4 is 0 Å². The summed E-state index contributed by atoms with van der Waals surface area (Å²) in [5.74, 6) is 0.223. The molecule has 4 nitrogen and oxygen atoms in total. The maximum Gasteiger partial charge on any atom is 0.188 e. The molecule has 1 unspecified atom stereocenters. The van der Waals surface area contributed by atoms with Gasteiger partial charge in [-0.25, -0.2) is 0 Å². The highest BCUT2D eigenvalue weighted by Gasteiger charge is 2.51. The summed E-state index contributed by atoms with van der Waals surface area (Å²) < 4.78 is 0. The van der Waals surface area contributed by atoms with Crippen molar-refractivity contribution in [1.29, 1.82) is 0 Å². The van der Waals surface area contributed by atoms with Crippen LogP contribution in [0.1, 0.15) is 38.3 Å². The second-order valence-electron chi connectivity index (χ2n) is 8.90. The molecule has 5 rings (SSSR count). The number of benzene rings is 2. The molecule has 1 fully saturated rings. The number of Topliss-reactive ketones (excluding diaryl/α,β-unsaturated/α-hetero) is 1. The average molecular weight is 412 g/mol. The van der Waals surface area contributed by atoms with Gasteiger partial charge in [-0.1, -0.05) is 54.6 Å². The Kier molecular flexibility index (Phi) is 5.20. The van der Waals surface area contributed by atoms with E-state index in [-0.39, 0.29) is 5.78 Å². The zero-order valence-electron chi connectivity index (χ0n) is 18.3. The predicted molar refractivity (Wildman–Crippen MR) is 123 cm³/mol. The van der Waals surface area contributed by atoms with Crippen molar-refractivity contribution in [2.24, 2.45) is 0 Å². The summed E-state index contributed by atoms with van der Waals surface area (Å²) in [7, 11) is 0. The first-order valence-electron chi connectivity index (χ1n) is 11.2. The van der Waals surface area contributed by atoms with E-state index in [0.717, 1.165) is 61.5 Å². The highest BCUT2D eigenvalue weighted by atomic mass is 16.1. The van der Waals surface area contributed by atoms with E-state index in [4.69, 9.17) is 0 Å². The molecule has 3 aromatic rings. The molecule has 2 aliphatic rings. The van der Waals surface area contributed by atoms with Gasteiger partial charge in [0.1, 0.15) is 5.54 Å². The lowest BCUT2D eigenvalue weighted by atomic mass is 9.84. The zero-order chi connectivity index (χ0) is 21.4. The number of carbonyl (C=O) groups is 1. The van der Waals surface area contributed by atoms with Crippen LogP contribution in [0.2, 0.25) is 0 Å². The van der Waals surface area contributed by atoms with Crippen molar-refractivity contribution in [3.05, 3.63) is 100 Å². The predicted octanol–water partition coefficient (Wildman–Crippen LogP) is 4.15. The van der Waals surface area contributed by atoms with Crippen molar-refractivity contribution in [2.75, 3.05) is 26.2 Å². The molecule has 1 aromatic heterocycles. The number of piperazine rings is 1. The smallest absolute Gasteiger partial charge is 0.188 e. The fourth-order valence-corrected chi connectivity index (χ4v) is 5.17. The third-order valence-electron chi connectivity index (χ3n) is 7.04. The maximum atomic E-state index is 13.8. The molecule has 1 saturated heterocycles. The molecule has 31 heavy (non-hydrogen) atoms. The third kappa shape index (κ3) is 3.50. The van der Waals surface area contributed by atoms with Gasteiger partial charge < -0.3 is 0 Å². The van der Waals surface area contributed by atoms with Gasteiger partial charge in [-0.05, 0) is 42.2 Å². The largest absolute Gasteiger partial charge is 0.297 e. The highest BCUT2D eigenvalue weighted by Crippen LogP contribution is 2.42. The van der Waals surface area contributed by atoms with Crippen LogP contribution in [-0.4, -0.2) is 46.7 Å². The van der Waals surface area contributed by atoms with Gasteiger partial charge in [-0.3, -0.25) is 19.6 Å². The number of fused-ring (bicyclic) bond motifs is 1. The fraction of sp³-hybridized carbons (Fsp3) is 0.333. The molecule has 2 heterocycles. The molecular weight excluding hydrogens is 382 g/mol. The van der Waals surface area contributed by atoms with E-state index in [2.05, 4.69) is 58.1 Å². The van der Waals surface area contributed by atoms with Gasteiger partial charge in [0.15, 0.2) is 5.78 Å². The Hall–Kier alpha value is -2.82. The summed E-state index contributed by atoms with van der Waals surface area (Å²) in [6.45, 7) is 8.80. The second-order valence-corrected chi connectivity index (χ2v) is 8.90. The lowest BCUT2D eigenvalue weighted by Gasteiger charge is -2.45. The molecule has 0 N–H and O–H groups in total. The van der Waals surface area contributed by atoms with Crippen LogP contribution in [0.5, 0.6) is 0 Å². The molecule has 0 bridgehead atoms. The Morgan fingerprint density at radius 1 is 0.903 bits per heavy atom. The van der Waals surface area contributed by atoms with E-state index in [9.17, 15) is 4.79 Å². The number of ketones is 1. The first-order chi connectivity index (χ1) is 15.1. The quantitative estimate of drug-likeness (QED) is 0.646. The number of aryl methyl sites for hydroxylation is 2. The summed E-state index contributed by atoms with van der Waals surface area (Å²) in [6, 6.07) is 20.8. The standard InChI is InChI=1S/C27H29N3O/c1-20-7-3-4-9-23(20)19-29-13-15-30(16-14-29)27(24-12-11-21(2)28-18-24)17-22-8-5-6-10-25(22)26(27)31/h3-12,18H,13-17,19H2,1-2H3. The highest BCUT2D eigenvalue weighted by molar-refractivity contribution is 6.08. The normalized spacial score (nSPS) is 21.9. The molecule has 1 aliphatic carbocycles. The number of hydrogen-bond donors (Lipinski definition) is 0. The summed E-state index contributed by atoms with van der Waals surface area (Å²) in [5, 5.41) is 0. The molecule has 158 valence electrons. The molecule has 1 atom stereocenters. The van der Waals surface area contributed by atoms with Crippen molar-refractivity contribution in [3.8, 4) is 0 Å². The minimum Gasteiger partial charge on any atom is -0.297 e. The van der Waals surface area contributed by atoms with Crippen LogP contribution in [0, 0.1) is 13.8 Å². The first kappa shape index (κ1) is 20.1. The molecule has 2 aromatic carbocycles. The minimum atomic E-state index is -0.640. The van der Waals surface area contributed by atoms with Gasteiger partial charge in [-0.15, -0.1) is 0 Å². The number of nitrogens with zero attached hydrogens (tertiary/aromatic N) is 3. The minimum absolute atomic E-state index is 0.223. The molecule has 0 amide bonds. The van der Waals surface area contributed by atoms with Crippen LogP contribution in [0.25, 0.3) is 0 Å². The Morgan fingerprint density at radius 3 is 2.35 bits per heavy atom. The van der Waals surface area contributed by atoms with Crippen molar-refractivity contribution in [3.63, 3.8) is 0 Å². The summed E-state index contributed by atoms with van der Waals surface area (Å²) in [4.78, 5) is 23.3. The summed E-state index contributed by atoms with van der Waals surface area (Å²) in [6.07, 6.45) is 2.64. The van der Waals surface area contributed by atoms with Crippen LogP contribution in [0.3, 0.4) is 0 Å². The van der Waals surface area contributed by atoms with E-state index < -0.39 is 5.54 Å². The molecule has 0 saturated carbocycles. The van der Waals surface area contributed by atoms with Crippen LogP contribution in [0.15, 0.2) is 66.9 Å². The maximum absolute atomic E-state index is 13.8. The fourth-order valence-electron chi connectivity index (χ4n) is 5.17. The van der Waals surface area contributed by atoms with Gasteiger partial charge in [-0.2, -0.15) is 0 Å². The third-order valence-corrected chi connectivity index (χ3v) is 7.04. The van der Waals surface area contributed by atoms with Gasteiger partial charge >= 0.3 is 0 Å². The SMILES string of the molecule is Cc1ccc(C2(N3CCN(Cc4ccccc4C)CC3)Cc3ccccc3C2=O)cn1. The van der Waals surface area contributed by atoms with Gasteiger partial charge in [0.2, 0.25) is 0 Å². The lowest BCUT2D eigenvalue weighted by Crippen LogP contribution is -2.58. The lowest BCUT2D eigenvalue weighted by molar-refractivity contribution is 0.0286. The van der Waals surface area contributed by atoms with Crippen molar-refractivity contribution in [1.82, 2.24) is 14.8 Å². The van der Waals surface area contributed by atoms with Gasteiger partial charge in [0.25, 0.3) is 0 Å². The summed E-state index contributed by atoms with van der Waals surface area (Å²) >= 11 is 0. The first-order valence-corrected chi connectivity index (χ1v) is 11.2. The Bertz CT molecular complexity index is 1100. The Labute approximate surface area is 184 Å². The van der Waals surface area contributed by atoms with E-state index in [0.29, 0.717) is 0 Å². The number of carbonyl (C=O) groups excluding carboxylic acids is 1. The van der Waals surface area contributed by atoms with Crippen LogP contribution in [-0.2, 0) is 18.5 Å². The Morgan fingerprint density at radius 2 is 1.65 bits per heavy atom. The van der Waals surface area contributed by atoms with Crippen molar-refractivity contribution in [2.45, 2.75) is 32.4 Å². The van der Waals surface area contributed by atoms with E-state index >= 15 is 0 Å². The van der Waals surface area contributed by atoms with E-state index in [1.165, 1.54) is 11.1 Å². The van der Waals surface area contributed by atoms with Crippen molar-refractivity contribution < 1.29 is 4.79 Å². The van der Waals surface area contributed by atoms with Gasteiger partial charge in [0, 0.05) is 56.6 Å². The van der Waals surface area contributed by atoms with E-state index in [1.807, 2.05) is 37.4 Å². The number of rotatable bonds is 4. The van der Waals surface area contributed by atoms with Crippen LogP contribution in [0.4, 0.5) is 0 Å². The monoisotopic (exact) mass is 411 g/mol. The molecule has 0 spiro atoms. The topological polar surface area (TPSA) is 36.4 Å². The Balaban J connectivity index is 1.42. The van der Waals surface area contributed by atoms with Crippen molar-refractivity contribution >= 4 is 5.78 Å². The second kappa shape index (κ2) is 8.03. The molecule has 4 heteroatoms. The van der Waals surface area contributed by atoms with Gasteiger partial charge in [0.05, 0.1) is 0 Å². The summed E-state index contributed by atoms with van der Waals surface area (Å²) in [5.41, 5.74) is 6.10. The molecule has 0 radical (unpaired) electrons. The number of pyridine rings is 1. The number of aromatic nitrogens is 1. The average Bonchev–Trinajstić information content (AvgIpc) is 3.10. The molecule has 1 aliphatic heterocycles. The zero-order valence-corrected chi connectivity index (χ0v) is 18.3. The van der Waals surface area contributed by atoms with E-state index in [1.54, 1.807) is 0 Å². The van der Waals surface area contributed by atoms with Crippen LogP contribution >= 0.6 is 0 Å².